The highest BCUT2D eigenvalue weighted by Gasteiger charge is 2.05. The molecule has 0 fully saturated rings. The van der Waals surface area contributed by atoms with Crippen LogP contribution in [0.3, 0.4) is 0 Å². The monoisotopic (exact) mass is 215 g/mol. The van der Waals surface area contributed by atoms with E-state index in [0.717, 1.165) is 5.82 Å². The predicted octanol–water partition coefficient (Wildman–Crippen LogP) is 2.25. The number of rotatable bonds is 2. The van der Waals surface area contributed by atoms with Crippen LogP contribution in [0.15, 0.2) is 30.6 Å². The smallest absolute Gasteiger partial charge is 0.128 e. The van der Waals surface area contributed by atoms with Crippen molar-refractivity contribution in [1.82, 2.24) is 9.55 Å². The molecule has 1 heterocycles. The molecule has 2 rings (SSSR count). The number of hydrogen-bond acceptors (Lipinski definition) is 2. The molecule has 0 aliphatic carbocycles. The third-order valence-corrected chi connectivity index (χ3v) is 2.44. The maximum absolute atomic E-state index is 13.5. The molecule has 0 unspecified atom stereocenters. The molecule has 4 heteroatoms. The third kappa shape index (κ3) is 1.94. The highest BCUT2D eigenvalue weighted by atomic mass is 19.1. The van der Waals surface area contributed by atoms with Gasteiger partial charge in [0.2, 0.25) is 0 Å². The average Bonchev–Trinajstić information content (AvgIpc) is 2.68. The van der Waals surface area contributed by atoms with Crippen molar-refractivity contribution in [3.05, 3.63) is 53.4 Å². The molecule has 0 atom stereocenters. The minimum absolute atomic E-state index is 0.299. The van der Waals surface area contributed by atoms with Gasteiger partial charge in [0, 0.05) is 18.0 Å². The first kappa shape index (κ1) is 10.4. The molecule has 80 valence electrons. The predicted molar refractivity (Wildman–Crippen MR) is 57.2 cm³/mol. The molecule has 16 heavy (non-hydrogen) atoms. The summed E-state index contributed by atoms with van der Waals surface area (Å²) in [5.74, 6) is 0.522. The molecule has 3 nitrogen and oxygen atoms in total. The lowest BCUT2D eigenvalue weighted by Gasteiger charge is -2.06. The second-order valence-electron chi connectivity index (χ2n) is 3.52. The average molecular weight is 215 g/mol. The van der Waals surface area contributed by atoms with Crippen LogP contribution in [0.25, 0.3) is 0 Å². The van der Waals surface area contributed by atoms with Crippen molar-refractivity contribution in [1.29, 1.82) is 5.26 Å². The Morgan fingerprint density at radius 2 is 2.31 bits per heavy atom. The Balaban J connectivity index is 2.35. The number of halogens is 1. The van der Waals surface area contributed by atoms with Gasteiger partial charge in [0.1, 0.15) is 11.6 Å². The highest BCUT2D eigenvalue weighted by Crippen LogP contribution is 2.12. The van der Waals surface area contributed by atoms with E-state index < -0.39 is 0 Å². The van der Waals surface area contributed by atoms with E-state index in [-0.39, 0.29) is 5.82 Å². The molecule has 0 aliphatic heterocycles. The van der Waals surface area contributed by atoms with E-state index in [2.05, 4.69) is 4.98 Å². The largest absolute Gasteiger partial charge is 0.331 e. The van der Waals surface area contributed by atoms with Crippen LogP contribution in [0.5, 0.6) is 0 Å². The highest BCUT2D eigenvalue weighted by molar-refractivity contribution is 5.33. The van der Waals surface area contributed by atoms with Crippen molar-refractivity contribution in [2.45, 2.75) is 13.5 Å². The van der Waals surface area contributed by atoms with Gasteiger partial charge in [-0.2, -0.15) is 5.26 Å². The lowest BCUT2D eigenvalue weighted by Crippen LogP contribution is -2.03. The summed E-state index contributed by atoms with van der Waals surface area (Å²) in [6.45, 7) is 2.25. The number of aryl methyl sites for hydroxylation is 1. The fourth-order valence-electron chi connectivity index (χ4n) is 1.52. The second-order valence-corrected chi connectivity index (χ2v) is 3.52. The molecule has 0 amide bonds. The van der Waals surface area contributed by atoms with Crippen LogP contribution in [0.1, 0.15) is 17.0 Å². The number of nitrogens with zero attached hydrogens (tertiary/aromatic N) is 3. The summed E-state index contributed by atoms with van der Waals surface area (Å²) in [5.41, 5.74) is 0.967. The van der Waals surface area contributed by atoms with Crippen LogP contribution in [0.4, 0.5) is 4.39 Å². The summed E-state index contributed by atoms with van der Waals surface area (Å²) in [4.78, 5) is 4.06. The van der Waals surface area contributed by atoms with E-state index in [4.69, 9.17) is 5.26 Å². The van der Waals surface area contributed by atoms with Gasteiger partial charge in [0.25, 0.3) is 0 Å². The van der Waals surface area contributed by atoms with Gasteiger partial charge in [-0.3, -0.25) is 0 Å². The molecule has 0 radical (unpaired) electrons. The van der Waals surface area contributed by atoms with Crippen molar-refractivity contribution in [2.24, 2.45) is 0 Å². The van der Waals surface area contributed by atoms with Gasteiger partial charge in [0.05, 0.1) is 18.2 Å². The molecule has 0 spiro atoms. The van der Waals surface area contributed by atoms with Gasteiger partial charge in [-0.25, -0.2) is 9.37 Å². The molecule has 0 aliphatic rings. The zero-order valence-corrected chi connectivity index (χ0v) is 8.81. The first-order valence-corrected chi connectivity index (χ1v) is 4.87. The van der Waals surface area contributed by atoms with E-state index in [1.165, 1.54) is 12.1 Å². The molecular formula is C12H10FN3. The Bertz CT molecular complexity index is 552. The number of benzene rings is 1. The number of hydrogen-bond donors (Lipinski definition) is 0. The van der Waals surface area contributed by atoms with Gasteiger partial charge in [-0.15, -0.1) is 0 Å². The number of imidazole rings is 1. The first-order chi connectivity index (χ1) is 7.70. The normalized spacial score (nSPS) is 10.1. The van der Waals surface area contributed by atoms with E-state index in [1.54, 1.807) is 18.5 Å². The van der Waals surface area contributed by atoms with Crippen LogP contribution in [-0.4, -0.2) is 9.55 Å². The van der Waals surface area contributed by atoms with Crippen LogP contribution in [0.2, 0.25) is 0 Å². The molecule has 1 aromatic heterocycles. The Morgan fingerprint density at radius 1 is 1.50 bits per heavy atom. The summed E-state index contributed by atoms with van der Waals surface area (Å²) in [7, 11) is 0. The van der Waals surface area contributed by atoms with Gasteiger partial charge in [-0.1, -0.05) is 0 Å². The molecule has 0 N–H and O–H groups in total. The summed E-state index contributed by atoms with van der Waals surface area (Å²) >= 11 is 0. The van der Waals surface area contributed by atoms with Crippen LogP contribution in [0, 0.1) is 24.1 Å². The lowest BCUT2D eigenvalue weighted by atomic mass is 10.1. The van der Waals surface area contributed by atoms with Gasteiger partial charge >= 0.3 is 0 Å². The quantitative estimate of drug-likeness (QED) is 0.771. The SMILES string of the molecule is Cc1nccn1Cc1cc(C#N)ccc1F. The van der Waals surface area contributed by atoms with Gasteiger partial charge in [-0.05, 0) is 25.1 Å². The van der Waals surface area contributed by atoms with Crippen molar-refractivity contribution >= 4 is 0 Å². The summed E-state index contributed by atoms with van der Waals surface area (Å²) in [5, 5.41) is 8.74. The Morgan fingerprint density at radius 3 is 2.94 bits per heavy atom. The third-order valence-electron chi connectivity index (χ3n) is 2.44. The minimum atomic E-state index is -0.299. The summed E-state index contributed by atoms with van der Waals surface area (Å²) in [6, 6.07) is 6.35. The topological polar surface area (TPSA) is 41.6 Å². The number of nitriles is 1. The fourth-order valence-corrected chi connectivity index (χ4v) is 1.52. The van der Waals surface area contributed by atoms with Crippen LogP contribution in [-0.2, 0) is 6.54 Å². The van der Waals surface area contributed by atoms with Crippen molar-refractivity contribution in [3.8, 4) is 6.07 Å². The summed E-state index contributed by atoms with van der Waals surface area (Å²) in [6.07, 6.45) is 3.45. The van der Waals surface area contributed by atoms with Gasteiger partial charge < -0.3 is 4.57 Å². The Kier molecular flexibility index (Phi) is 2.69. The molecular weight excluding hydrogens is 205 g/mol. The molecule has 0 bridgehead atoms. The lowest BCUT2D eigenvalue weighted by molar-refractivity contribution is 0.596. The zero-order valence-electron chi connectivity index (χ0n) is 8.81. The van der Waals surface area contributed by atoms with E-state index >= 15 is 0 Å². The second kappa shape index (κ2) is 4.15. The van der Waals surface area contributed by atoms with Crippen molar-refractivity contribution in [2.75, 3.05) is 0 Å². The van der Waals surface area contributed by atoms with Crippen LogP contribution < -0.4 is 0 Å². The summed E-state index contributed by atoms with van der Waals surface area (Å²) < 4.78 is 15.3. The van der Waals surface area contributed by atoms with E-state index in [1.807, 2.05) is 17.6 Å². The minimum Gasteiger partial charge on any atom is -0.331 e. The Hall–Kier alpha value is -2.15. The molecule has 1 aromatic carbocycles. The zero-order chi connectivity index (χ0) is 11.5. The van der Waals surface area contributed by atoms with Crippen LogP contribution >= 0.6 is 0 Å². The molecule has 2 aromatic rings. The molecule has 0 saturated carbocycles. The van der Waals surface area contributed by atoms with Gasteiger partial charge in [0.15, 0.2) is 0 Å². The fraction of sp³-hybridized carbons (Fsp3) is 0.167. The number of aromatic nitrogens is 2. The maximum Gasteiger partial charge on any atom is 0.128 e. The van der Waals surface area contributed by atoms with Crippen molar-refractivity contribution < 1.29 is 4.39 Å². The Labute approximate surface area is 92.8 Å². The van der Waals surface area contributed by atoms with E-state index in [0.29, 0.717) is 17.7 Å². The maximum atomic E-state index is 13.5. The standard InChI is InChI=1S/C12H10FN3/c1-9-15-4-5-16(9)8-11-6-10(7-14)2-3-12(11)13/h2-6H,8H2,1H3. The first-order valence-electron chi connectivity index (χ1n) is 4.87. The molecule has 0 saturated heterocycles. The van der Waals surface area contributed by atoms with E-state index in [9.17, 15) is 4.39 Å². The van der Waals surface area contributed by atoms with Crippen molar-refractivity contribution in [3.63, 3.8) is 0 Å².